The monoisotopic (exact) mass is 302 g/mol. The number of carbonyl (C=O) groups excluding carboxylic acids is 1. The Balaban J connectivity index is 1.98. The van der Waals surface area contributed by atoms with Gasteiger partial charge in [-0.1, -0.05) is 0 Å². The van der Waals surface area contributed by atoms with Crippen molar-refractivity contribution in [2.24, 2.45) is 7.05 Å². The van der Waals surface area contributed by atoms with Gasteiger partial charge in [0.05, 0.1) is 6.20 Å². The molecule has 2 rings (SSSR count). The maximum absolute atomic E-state index is 12.3. The number of halogens is 3. The molecule has 0 atom stereocenters. The molecule has 0 radical (unpaired) electrons. The van der Waals surface area contributed by atoms with Gasteiger partial charge in [0.1, 0.15) is 0 Å². The van der Waals surface area contributed by atoms with Gasteiger partial charge in [0, 0.05) is 30.3 Å². The molecule has 1 amide bonds. The molecule has 0 aliphatic heterocycles. The zero-order valence-electron chi connectivity index (χ0n) is 10.2. The van der Waals surface area contributed by atoms with Gasteiger partial charge < -0.3 is 0 Å². The summed E-state index contributed by atoms with van der Waals surface area (Å²) in [5.74, 6) is -0.558. The number of amides is 1. The van der Waals surface area contributed by atoms with Gasteiger partial charge in [-0.25, -0.2) is 4.98 Å². The quantitative estimate of drug-likeness (QED) is 0.886. The highest BCUT2D eigenvalue weighted by Crippen LogP contribution is 2.31. The Kier molecular flexibility index (Phi) is 3.89. The number of alkyl halides is 3. The van der Waals surface area contributed by atoms with Gasteiger partial charge >= 0.3 is 6.18 Å². The molecule has 0 saturated carbocycles. The zero-order chi connectivity index (χ0) is 14.8. The van der Waals surface area contributed by atoms with Gasteiger partial charge in [0.15, 0.2) is 10.8 Å². The molecular weight excluding hydrogens is 293 g/mol. The van der Waals surface area contributed by atoms with E-state index in [9.17, 15) is 18.0 Å². The Morgan fingerprint density at radius 2 is 2.25 bits per heavy atom. The third-order valence-corrected chi connectivity index (χ3v) is 2.93. The highest BCUT2D eigenvalue weighted by Gasteiger charge is 2.33. The van der Waals surface area contributed by atoms with E-state index in [0.717, 1.165) is 16.7 Å². The van der Waals surface area contributed by atoms with Crippen molar-refractivity contribution >= 4 is 28.5 Å². The second kappa shape index (κ2) is 5.45. The summed E-state index contributed by atoms with van der Waals surface area (Å²) in [6, 6.07) is 0. The van der Waals surface area contributed by atoms with Crippen molar-refractivity contribution in [1.82, 2.24) is 14.8 Å². The number of hydrogen-bond acceptors (Lipinski definition) is 4. The van der Waals surface area contributed by atoms with Crippen LogP contribution in [0.15, 0.2) is 23.8 Å². The van der Waals surface area contributed by atoms with E-state index in [4.69, 9.17) is 0 Å². The van der Waals surface area contributed by atoms with E-state index in [1.807, 2.05) is 0 Å². The van der Waals surface area contributed by atoms with Crippen LogP contribution in [-0.4, -0.2) is 20.7 Å². The topological polar surface area (TPSA) is 59.8 Å². The van der Waals surface area contributed by atoms with E-state index < -0.39 is 17.8 Å². The predicted octanol–water partition coefficient (Wildman–Crippen LogP) is 2.55. The SMILES string of the molecule is Cn1cc(C=CC(=O)Nc2nc(C(F)(F)F)cs2)cn1. The first-order valence-corrected chi connectivity index (χ1v) is 6.23. The normalized spacial score (nSPS) is 12.0. The van der Waals surface area contributed by atoms with Crippen LogP contribution in [-0.2, 0) is 18.0 Å². The van der Waals surface area contributed by atoms with E-state index >= 15 is 0 Å². The first-order chi connectivity index (χ1) is 9.34. The van der Waals surface area contributed by atoms with E-state index in [-0.39, 0.29) is 5.13 Å². The van der Waals surface area contributed by atoms with Crippen molar-refractivity contribution in [3.8, 4) is 0 Å². The molecule has 0 saturated heterocycles. The largest absolute Gasteiger partial charge is 0.434 e. The number of anilines is 1. The lowest BCUT2D eigenvalue weighted by molar-refractivity contribution is -0.140. The summed E-state index contributed by atoms with van der Waals surface area (Å²) >= 11 is 0.717. The molecule has 0 aromatic carbocycles. The van der Waals surface area contributed by atoms with Gasteiger partial charge in [0.2, 0.25) is 5.91 Å². The number of carbonyl (C=O) groups is 1. The van der Waals surface area contributed by atoms with Crippen molar-refractivity contribution in [2.75, 3.05) is 5.32 Å². The van der Waals surface area contributed by atoms with Crippen LogP contribution in [0, 0.1) is 0 Å². The summed E-state index contributed by atoms with van der Waals surface area (Å²) in [7, 11) is 1.73. The van der Waals surface area contributed by atoms with E-state index in [2.05, 4.69) is 15.4 Å². The number of aromatic nitrogens is 3. The van der Waals surface area contributed by atoms with Crippen LogP contribution in [0.25, 0.3) is 6.08 Å². The van der Waals surface area contributed by atoms with Gasteiger partial charge in [-0.2, -0.15) is 18.3 Å². The summed E-state index contributed by atoms with van der Waals surface area (Å²) in [5, 5.41) is 6.92. The van der Waals surface area contributed by atoms with Gasteiger partial charge in [0.25, 0.3) is 0 Å². The predicted molar refractivity (Wildman–Crippen MR) is 68.0 cm³/mol. The molecular formula is C11H9F3N4OS. The van der Waals surface area contributed by atoms with Crippen LogP contribution in [0.5, 0.6) is 0 Å². The minimum Gasteiger partial charge on any atom is -0.298 e. The molecule has 20 heavy (non-hydrogen) atoms. The Morgan fingerprint density at radius 3 is 2.80 bits per heavy atom. The van der Waals surface area contributed by atoms with E-state index in [1.165, 1.54) is 12.2 Å². The molecule has 0 aliphatic carbocycles. The Hall–Kier alpha value is -2.16. The van der Waals surface area contributed by atoms with Crippen molar-refractivity contribution in [2.45, 2.75) is 6.18 Å². The third-order valence-electron chi connectivity index (χ3n) is 2.18. The zero-order valence-corrected chi connectivity index (χ0v) is 11.0. The van der Waals surface area contributed by atoms with Crippen LogP contribution in [0.1, 0.15) is 11.3 Å². The molecule has 106 valence electrons. The molecule has 0 spiro atoms. The van der Waals surface area contributed by atoms with Crippen LogP contribution < -0.4 is 5.32 Å². The highest BCUT2D eigenvalue weighted by molar-refractivity contribution is 7.14. The average molecular weight is 302 g/mol. The summed E-state index contributed by atoms with van der Waals surface area (Å²) in [6.07, 6.45) is 1.43. The number of thiazole rings is 1. The fourth-order valence-corrected chi connectivity index (χ4v) is 2.03. The first kappa shape index (κ1) is 14.3. The number of nitrogens with zero attached hydrogens (tertiary/aromatic N) is 3. The fourth-order valence-electron chi connectivity index (χ4n) is 1.31. The van der Waals surface area contributed by atoms with Gasteiger partial charge in [-0.3, -0.25) is 14.8 Å². The number of hydrogen-bond donors (Lipinski definition) is 1. The summed E-state index contributed by atoms with van der Waals surface area (Å²) in [6.45, 7) is 0. The Labute approximate surface area is 115 Å². The average Bonchev–Trinajstić information content (AvgIpc) is 2.95. The number of rotatable bonds is 3. The van der Waals surface area contributed by atoms with Gasteiger partial charge in [-0.15, -0.1) is 11.3 Å². The van der Waals surface area contributed by atoms with E-state index in [1.54, 1.807) is 24.1 Å². The van der Waals surface area contributed by atoms with Crippen LogP contribution >= 0.6 is 11.3 Å². The molecule has 9 heteroatoms. The molecule has 5 nitrogen and oxygen atoms in total. The molecule has 2 aromatic heterocycles. The molecule has 1 N–H and O–H groups in total. The fraction of sp³-hybridized carbons (Fsp3) is 0.182. The molecule has 0 aliphatic rings. The lowest BCUT2D eigenvalue weighted by Crippen LogP contribution is -2.09. The van der Waals surface area contributed by atoms with Crippen molar-refractivity contribution in [3.05, 3.63) is 35.1 Å². The standard InChI is InChI=1S/C11H9F3N4OS/c1-18-5-7(4-15-18)2-3-9(19)17-10-16-8(6-20-10)11(12,13)14/h2-6H,1H3,(H,16,17,19). The van der Waals surface area contributed by atoms with Crippen molar-refractivity contribution < 1.29 is 18.0 Å². The van der Waals surface area contributed by atoms with Crippen molar-refractivity contribution in [3.63, 3.8) is 0 Å². The van der Waals surface area contributed by atoms with Crippen LogP contribution in [0.2, 0.25) is 0 Å². The summed E-state index contributed by atoms with van der Waals surface area (Å²) in [4.78, 5) is 14.8. The molecule has 2 heterocycles. The maximum Gasteiger partial charge on any atom is 0.434 e. The molecule has 0 bridgehead atoms. The lowest BCUT2D eigenvalue weighted by Gasteiger charge is -2.00. The Morgan fingerprint density at radius 1 is 1.50 bits per heavy atom. The van der Waals surface area contributed by atoms with E-state index in [0.29, 0.717) is 5.56 Å². The minimum atomic E-state index is -4.51. The highest BCUT2D eigenvalue weighted by atomic mass is 32.1. The summed E-state index contributed by atoms with van der Waals surface area (Å²) < 4.78 is 38.5. The lowest BCUT2D eigenvalue weighted by atomic mass is 10.3. The number of nitrogens with one attached hydrogen (secondary N) is 1. The molecule has 0 unspecified atom stereocenters. The van der Waals surface area contributed by atoms with Crippen molar-refractivity contribution in [1.29, 1.82) is 0 Å². The Bertz CT molecular complexity index is 644. The second-order valence-corrected chi connectivity index (χ2v) is 4.66. The second-order valence-electron chi connectivity index (χ2n) is 3.81. The van der Waals surface area contributed by atoms with Gasteiger partial charge in [-0.05, 0) is 6.08 Å². The first-order valence-electron chi connectivity index (χ1n) is 5.35. The molecule has 0 fully saturated rings. The smallest absolute Gasteiger partial charge is 0.298 e. The maximum atomic E-state index is 12.3. The van der Waals surface area contributed by atoms with Crippen LogP contribution in [0.4, 0.5) is 18.3 Å². The van der Waals surface area contributed by atoms with Crippen LogP contribution in [0.3, 0.4) is 0 Å². The minimum absolute atomic E-state index is 0.0989. The number of aryl methyl sites for hydroxylation is 1. The molecule has 2 aromatic rings. The summed E-state index contributed by atoms with van der Waals surface area (Å²) in [5.41, 5.74) is -0.313. The third kappa shape index (κ3) is 3.67.